The fourth-order valence-electron chi connectivity index (χ4n) is 8.87. The SMILES string of the molecule is c1ccc(N(c2ccccc2)c2ccc3c(c2)Oc2cccc4c2B3c2c(cc(N(c3ccccc3)c3ccccc3)c3ccccc23)N4c2ccccc2)cc1. The van der Waals surface area contributed by atoms with Crippen LogP contribution in [0.2, 0.25) is 0 Å². The first kappa shape index (κ1) is 32.9. The summed E-state index contributed by atoms with van der Waals surface area (Å²) in [5, 5.41) is 2.39. The van der Waals surface area contributed by atoms with E-state index in [2.05, 4.69) is 233 Å². The fourth-order valence-corrected chi connectivity index (χ4v) is 8.87. The van der Waals surface area contributed by atoms with Gasteiger partial charge in [0, 0.05) is 57.0 Å². The van der Waals surface area contributed by atoms with Gasteiger partial charge in [-0.2, -0.15) is 0 Å². The number of ether oxygens (including phenoxy) is 1. The number of hydrogen-bond acceptors (Lipinski definition) is 4. The van der Waals surface area contributed by atoms with Gasteiger partial charge in [0.25, 0.3) is 6.71 Å². The summed E-state index contributed by atoms with van der Waals surface area (Å²) in [5.41, 5.74) is 13.5. The van der Waals surface area contributed by atoms with Gasteiger partial charge in [0.1, 0.15) is 11.5 Å². The van der Waals surface area contributed by atoms with E-state index in [4.69, 9.17) is 4.74 Å². The summed E-state index contributed by atoms with van der Waals surface area (Å²) in [6.07, 6.45) is 0. The van der Waals surface area contributed by atoms with E-state index < -0.39 is 0 Å². The van der Waals surface area contributed by atoms with E-state index >= 15 is 0 Å². The second-order valence-corrected chi connectivity index (χ2v) is 14.5. The van der Waals surface area contributed by atoms with E-state index in [1.165, 1.54) is 21.7 Å². The van der Waals surface area contributed by atoms with Crippen molar-refractivity contribution in [3.05, 3.63) is 218 Å². The Kier molecular flexibility index (Phi) is 7.89. The summed E-state index contributed by atoms with van der Waals surface area (Å²) in [4.78, 5) is 7.12. The number of para-hydroxylation sites is 5. The first-order valence-corrected chi connectivity index (χ1v) is 19.5. The topological polar surface area (TPSA) is 19.0 Å². The molecule has 0 bridgehead atoms. The van der Waals surface area contributed by atoms with Crippen molar-refractivity contribution in [1.82, 2.24) is 0 Å². The van der Waals surface area contributed by atoms with Crippen LogP contribution in [0.3, 0.4) is 0 Å². The summed E-state index contributed by atoms with van der Waals surface area (Å²) >= 11 is 0. The summed E-state index contributed by atoms with van der Waals surface area (Å²) in [7, 11) is 0. The van der Waals surface area contributed by atoms with Gasteiger partial charge >= 0.3 is 0 Å². The van der Waals surface area contributed by atoms with Gasteiger partial charge in [-0.25, -0.2) is 0 Å². The van der Waals surface area contributed by atoms with Crippen molar-refractivity contribution in [2.75, 3.05) is 14.7 Å². The molecule has 9 aromatic carbocycles. The first-order chi connectivity index (χ1) is 28.3. The van der Waals surface area contributed by atoms with Crippen LogP contribution >= 0.6 is 0 Å². The third-order valence-corrected chi connectivity index (χ3v) is 11.2. The molecule has 0 fully saturated rings. The summed E-state index contributed by atoms with van der Waals surface area (Å²) in [5.74, 6) is 1.74. The molecule has 4 nitrogen and oxygen atoms in total. The van der Waals surface area contributed by atoms with Crippen molar-refractivity contribution in [3.8, 4) is 11.5 Å². The lowest BCUT2D eigenvalue weighted by atomic mass is 9.33. The molecule has 0 spiro atoms. The van der Waals surface area contributed by atoms with Gasteiger partial charge in [0.15, 0.2) is 0 Å². The average Bonchev–Trinajstić information content (AvgIpc) is 3.28. The Hall–Kier alpha value is -7.50. The zero-order valence-corrected chi connectivity index (χ0v) is 31.1. The van der Waals surface area contributed by atoms with E-state index in [0.29, 0.717) is 0 Å². The van der Waals surface area contributed by atoms with Gasteiger partial charge in [0.2, 0.25) is 0 Å². The van der Waals surface area contributed by atoms with E-state index in [1.54, 1.807) is 0 Å². The molecule has 2 heterocycles. The second-order valence-electron chi connectivity index (χ2n) is 14.5. The highest BCUT2D eigenvalue weighted by Gasteiger charge is 2.43. The number of hydrogen-bond donors (Lipinski definition) is 0. The molecule has 57 heavy (non-hydrogen) atoms. The Morgan fingerprint density at radius 1 is 0.368 bits per heavy atom. The molecule has 2 aliphatic heterocycles. The molecule has 0 amide bonds. The summed E-state index contributed by atoms with van der Waals surface area (Å²) in [6.45, 7) is -0.0771. The van der Waals surface area contributed by atoms with Gasteiger partial charge in [-0.05, 0) is 107 Å². The van der Waals surface area contributed by atoms with Crippen LogP contribution in [0, 0.1) is 0 Å². The molecule has 0 unspecified atom stereocenters. The Bertz CT molecular complexity index is 2810. The van der Waals surface area contributed by atoms with Crippen molar-refractivity contribution >= 4 is 85.1 Å². The monoisotopic (exact) mass is 729 g/mol. The lowest BCUT2D eigenvalue weighted by molar-refractivity contribution is 0.487. The van der Waals surface area contributed by atoms with Gasteiger partial charge in [-0.3, -0.25) is 0 Å². The highest BCUT2D eigenvalue weighted by atomic mass is 16.5. The van der Waals surface area contributed by atoms with E-state index in [-0.39, 0.29) is 6.71 Å². The van der Waals surface area contributed by atoms with Crippen LogP contribution in [0.5, 0.6) is 11.5 Å². The standard InChI is InChI=1S/C52H36BN3O/c1-6-19-37(20-7-1)54(38-21-8-2-9-22-38)42-33-34-45-50(35-42)57-49-32-18-31-46-52(49)53(45)51-44-30-17-16-29-43(44)47(36-48(51)56(46)41-27-14-5-15-28-41)55(39-23-10-3-11-24-39)40-25-12-4-13-26-40/h1-36H. The van der Waals surface area contributed by atoms with Gasteiger partial charge in [-0.15, -0.1) is 0 Å². The number of benzene rings is 9. The lowest BCUT2D eigenvalue weighted by Crippen LogP contribution is -2.59. The van der Waals surface area contributed by atoms with Crippen LogP contribution in [0.25, 0.3) is 10.8 Å². The molecule has 0 aromatic heterocycles. The highest BCUT2D eigenvalue weighted by molar-refractivity contribution is 7.00. The second kappa shape index (κ2) is 13.7. The van der Waals surface area contributed by atoms with Crippen LogP contribution in [0.15, 0.2) is 218 Å². The molecule has 0 radical (unpaired) electrons. The molecule has 5 heteroatoms. The summed E-state index contributed by atoms with van der Waals surface area (Å²) in [6, 6.07) is 77.8. The Labute approximate surface area is 333 Å². The maximum atomic E-state index is 7.01. The Morgan fingerprint density at radius 3 is 1.49 bits per heavy atom. The van der Waals surface area contributed by atoms with Crippen LogP contribution < -0.4 is 35.8 Å². The molecular weight excluding hydrogens is 693 g/mol. The van der Waals surface area contributed by atoms with E-state index in [9.17, 15) is 0 Å². The first-order valence-electron chi connectivity index (χ1n) is 19.5. The molecule has 0 atom stereocenters. The molecule has 0 N–H and O–H groups in total. The maximum Gasteiger partial charge on any atom is 0.257 e. The largest absolute Gasteiger partial charge is 0.458 e. The third kappa shape index (κ3) is 5.47. The van der Waals surface area contributed by atoms with Crippen LogP contribution in [-0.4, -0.2) is 6.71 Å². The average molecular weight is 730 g/mol. The van der Waals surface area contributed by atoms with Crippen molar-refractivity contribution < 1.29 is 4.74 Å². The minimum atomic E-state index is -0.0771. The Balaban J connectivity index is 1.18. The minimum Gasteiger partial charge on any atom is -0.458 e. The van der Waals surface area contributed by atoms with Crippen molar-refractivity contribution in [2.45, 2.75) is 0 Å². The zero-order chi connectivity index (χ0) is 37.7. The molecule has 11 rings (SSSR count). The van der Waals surface area contributed by atoms with Crippen LogP contribution in [0.1, 0.15) is 0 Å². The number of anilines is 9. The van der Waals surface area contributed by atoms with Gasteiger partial charge in [0.05, 0.1) is 5.69 Å². The zero-order valence-electron chi connectivity index (χ0n) is 31.1. The minimum absolute atomic E-state index is 0.0771. The molecule has 268 valence electrons. The van der Waals surface area contributed by atoms with Crippen LogP contribution in [-0.2, 0) is 0 Å². The molecule has 0 saturated heterocycles. The normalized spacial score (nSPS) is 12.3. The lowest BCUT2D eigenvalue weighted by Gasteiger charge is -2.41. The van der Waals surface area contributed by atoms with Crippen LogP contribution in [0.4, 0.5) is 51.2 Å². The molecular formula is C52H36BN3O. The maximum absolute atomic E-state index is 7.01. The quantitative estimate of drug-likeness (QED) is 0.152. The smallest absolute Gasteiger partial charge is 0.257 e. The predicted octanol–water partition coefficient (Wildman–Crippen LogP) is 12.2. The van der Waals surface area contributed by atoms with Gasteiger partial charge < -0.3 is 19.4 Å². The van der Waals surface area contributed by atoms with E-state index in [1.807, 2.05) is 0 Å². The number of nitrogens with zero attached hydrogens (tertiary/aromatic N) is 3. The highest BCUT2D eigenvalue weighted by Crippen LogP contribution is 2.47. The Morgan fingerprint density at radius 2 is 0.895 bits per heavy atom. The number of rotatable bonds is 7. The molecule has 2 aliphatic rings. The fraction of sp³-hybridized carbons (Fsp3) is 0. The molecule has 9 aromatic rings. The van der Waals surface area contributed by atoms with Gasteiger partial charge in [-0.1, -0.05) is 127 Å². The third-order valence-electron chi connectivity index (χ3n) is 11.2. The molecule has 0 aliphatic carbocycles. The van der Waals surface area contributed by atoms with Crippen molar-refractivity contribution in [2.24, 2.45) is 0 Å². The van der Waals surface area contributed by atoms with Crippen molar-refractivity contribution in [3.63, 3.8) is 0 Å². The summed E-state index contributed by atoms with van der Waals surface area (Å²) < 4.78 is 7.01. The number of fused-ring (bicyclic) bond motifs is 6. The molecule has 0 saturated carbocycles. The predicted molar refractivity (Wildman–Crippen MR) is 239 cm³/mol. The van der Waals surface area contributed by atoms with Crippen molar-refractivity contribution in [1.29, 1.82) is 0 Å². The van der Waals surface area contributed by atoms with E-state index in [0.717, 1.165) is 68.1 Å².